The van der Waals surface area contributed by atoms with E-state index in [1.807, 2.05) is 37.3 Å². The molecule has 17 heavy (non-hydrogen) atoms. The second-order valence-corrected chi connectivity index (χ2v) is 4.92. The highest BCUT2D eigenvalue weighted by molar-refractivity contribution is 9.10. The summed E-state index contributed by atoms with van der Waals surface area (Å²) in [4.78, 5) is 0. The molecule has 2 aromatic rings. The fourth-order valence-electron chi connectivity index (χ4n) is 1.64. The number of hydrogen-bond donors (Lipinski definition) is 2. The van der Waals surface area contributed by atoms with Crippen molar-refractivity contribution in [3.8, 4) is 0 Å². The number of hydrogen-bond acceptors (Lipinski definition) is 2. The Bertz CT molecular complexity index is 506. The van der Waals surface area contributed by atoms with E-state index in [4.69, 9.17) is 5.73 Å². The van der Waals surface area contributed by atoms with Gasteiger partial charge in [-0.2, -0.15) is 0 Å². The molecule has 0 unspecified atom stereocenters. The smallest absolute Gasteiger partial charge is 0.0400 e. The highest BCUT2D eigenvalue weighted by Crippen LogP contribution is 2.21. The lowest BCUT2D eigenvalue weighted by molar-refractivity contribution is 1.14. The summed E-state index contributed by atoms with van der Waals surface area (Å²) in [5, 5.41) is 3.39. The lowest BCUT2D eigenvalue weighted by atomic mass is 10.1. The SMILES string of the molecule is Cc1c(N)cccc1NCc1ccc(Br)cc1. The number of halogens is 1. The Morgan fingerprint density at radius 3 is 2.53 bits per heavy atom. The van der Waals surface area contributed by atoms with E-state index in [0.29, 0.717) is 0 Å². The quantitative estimate of drug-likeness (QED) is 0.840. The van der Waals surface area contributed by atoms with Crippen LogP contribution in [0.25, 0.3) is 0 Å². The first kappa shape index (κ1) is 12.0. The van der Waals surface area contributed by atoms with Gasteiger partial charge in [0.2, 0.25) is 0 Å². The number of benzene rings is 2. The largest absolute Gasteiger partial charge is 0.398 e. The summed E-state index contributed by atoms with van der Waals surface area (Å²) in [6.45, 7) is 2.83. The number of nitrogen functional groups attached to an aromatic ring is 1. The molecule has 0 atom stereocenters. The van der Waals surface area contributed by atoms with Crippen molar-refractivity contribution in [3.63, 3.8) is 0 Å². The van der Waals surface area contributed by atoms with Gasteiger partial charge in [0.05, 0.1) is 0 Å². The van der Waals surface area contributed by atoms with Gasteiger partial charge in [0.25, 0.3) is 0 Å². The van der Waals surface area contributed by atoms with Crippen molar-refractivity contribution >= 4 is 27.3 Å². The average Bonchev–Trinajstić information content (AvgIpc) is 2.33. The predicted octanol–water partition coefficient (Wildman–Crippen LogP) is 3.95. The third-order valence-corrected chi connectivity index (χ3v) is 3.30. The van der Waals surface area contributed by atoms with E-state index >= 15 is 0 Å². The van der Waals surface area contributed by atoms with Gasteiger partial charge in [0.15, 0.2) is 0 Å². The zero-order valence-electron chi connectivity index (χ0n) is 9.70. The molecular weight excluding hydrogens is 276 g/mol. The molecule has 2 rings (SSSR count). The van der Waals surface area contributed by atoms with Gasteiger partial charge in [-0.1, -0.05) is 34.1 Å². The summed E-state index contributed by atoms with van der Waals surface area (Å²) in [6.07, 6.45) is 0. The maximum absolute atomic E-state index is 5.86. The number of rotatable bonds is 3. The van der Waals surface area contributed by atoms with Gasteiger partial charge in [-0.15, -0.1) is 0 Å². The van der Waals surface area contributed by atoms with Crippen molar-refractivity contribution < 1.29 is 0 Å². The zero-order chi connectivity index (χ0) is 12.3. The topological polar surface area (TPSA) is 38.0 Å². The fourth-order valence-corrected chi connectivity index (χ4v) is 1.91. The van der Waals surface area contributed by atoms with Crippen LogP contribution in [-0.2, 0) is 6.54 Å². The molecule has 0 aliphatic rings. The molecule has 0 spiro atoms. The van der Waals surface area contributed by atoms with Crippen molar-refractivity contribution in [2.75, 3.05) is 11.1 Å². The van der Waals surface area contributed by atoms with Crippen LogP contribution in [0, 0.1) is 6.92 Å². The van der Waals surface area contributed by atoms with Crippen molar-refractivity contribution in [1.82, 2.24) is 0 Å². The molecule has 0 heterocycles. The average molecular weight is 291 g/mol. The summed E-state index contributed by atoms with van der Waals surface area (Å²) in [6, 6.07) is 14.2. The van der Waals surface area contributed by atoms with Crippen LogP contribution in [0.3, 0.4) is 0 Å². The lowest BCUT2D eigenvalue weighted by Crippen LogP contribution is -2.02. The zero-order valence-corrected chi connectivity index (χ0v) is 11.3. The Kier molecular flexibility index (Phi) is 3.69. The highest BCUT2D eigenvalue weighted by atomic mass is 79.9. The minimum absolute atomic E-state index is 0.803. The van der Waals surface area contributed by atoms with Crippen molar-refractivity contribution in [3.05, 3.63) is 58.1 Å². The first-order valence-electron chi connectivity index (χ1n) is 5.50. The Balaban J connectivity index is 2.07. The summed E-state index contributed by atoms with van der Waals surface area (Å²) >= 11 is 3.43. The second-order valence-electron chi connectivity index (χ2n) is 4.00. The molecule has 2 nitrogen and oxygen atoms in total. The maximum atomic E-state index is 5.86. The summed E-state index contributed by atoms with van der Waals surface area (Å²) < 4.78 is 1.10. The van der Waals surface area contributed by atoms with Crippen LogP contribution >= 0.6 is 15.9 Å². The maximum Gasteiger partial charge on any atom is 0.0400 e. The van der Waals surface area contributed by atoms with Crippen molar-refractivity contribution in [2.24, 2.45) is 0 Å². The molecule has 0 bridgehead atoms. The fraction of sp³-hybridized carbons (Fsp3) is 0.143. The van der Waals surface area contributed by atoms with Gasteiger partial charge < -0.3 is 11.1 Å². The Morgan fingerprint density at radius 1 is 1.12 bits per heavy atom. The standard InChI is InChI=1S/C14H15BrN2/c1-10-13(16)3-2-4-14(10)17-9-11-5-7-12(15)8-6-11/h2-8,17H,9,16H2,1H3. The number of nitrogens with one attached hydrogen (secondary N) is 1. The van der Waals surface area contributed by atoms with E-state index in [1.54, 1.807) is 0 Å². The first-order chi connectivity index (χ1) is 8.16. The molecule has 0 aromatic heterocycles. The normalized spacial score (nSPS) is 10.2. The summed E-state index contributed by atoms with van der Waals surface area (Å²) in [5.41, 5.74) is 10.1. The van der Waals surface area contributed by atoms with E-state index in [1.165, 1.54) is 5.56 Å². The van der Waals surface area contributed by atoms with E-state index in [9.17, 15) is 0 Å². The predicted molar refractivity (Wildman–Crippen MR) is 77.1 cm³/mol. The van der Waals surface area contributed by atoms with Gasteiger partial charge in [-0.3, -0.25) is 0 Å². The van der Waals surface area contributed by atoms with Crippen LogP contribution in [0.15, 0.2) is 46.9 Å². The molecule has 0 aliphatic heterocycles. The van der Waals surface area contributed by atoms with Gasteiger partial charge in [0, 0.05) is 22.4 Å². The van der Waals surface area contributed by atoms with Crippen LogP contribution in [0.2, 0.25) is 0 Å². The van der Waals surface area contributed by atoms with Crippen LogP contribution in [-0.4, -0.2) is 0 Å². The van der Waals surface area contributed by atoms with E-state index in [2.05, 4.69) is 33.4 Å². The molecule has 0 radical (unpaired) electrons. The third kappa shape index (κ3) is 3.01. The molecule has 3 N–H and O–H groups in total. The minimum Gasteiger partial charge on any atom is -0.398 e. The van der Waals surface area contributed by atoms with Gasteiger partial charge in [-0.05, 0) is 42.3 Å². The number of anilines is 2. The van der Waals surface area contributed by atoms with Crippen LogP contribution in [0.5, 0.6) is 0 Å². The molecule has 3 heteroatoms. The highest BCUT2D eigenvalue weighted by Gasteiger charge is 2.00. The summed E-state index contributed by atoms with van der Waals surface area (Å²) in [5.74, 6) is 0. The molecular formula is C14H15BrN2. The van der Waals surface area contributed by atoms with E-state index in [0.717, 1.165) is 28.0 Å². The molecule has 0 amide bonds. The molecule has 0 fully saturated rings. The van der Waals surface area contributed by atoms with Crippen LogP contribution in [0.4, 0.5) is 11.4 Å². The van der Waals surface area contributed by atoms with Crippen LogP contribution in [0.1, 0.15) is 11.1 Å². The molecule has 0 aliphatic carbocycles. The molecule has 88 valence electrons. The lowest BCUT2D eigenvalue weighted by Gasteiger charge is -2.11. The first-order valence-corrected chi connectivity index (χ1v) is 6.29. The van der Waals surface area contributed by atoms with Gasteiger partial charge in [0.1, 0.15) is 0 Å². The third-order valence-electron chi connectivity index (χ3n) is 2.77. The monoisotopic (exact) mass is 290 g/mol. The summed E-state index contributed by atoms with van der Waals surface area (Å²) in [7, 11) is 0. The Hall–Kier alpha value is -1.48. The molecule has 2 aromatic carbocycles. The van der Waals surface area contributed by atoms with Crippen LogP contribution < -0.4 is 11.1 Å². The van der Waals surface area contributed by atoms with Gasteiger partial charge in [-0.25, -0.2) is 0 Å². The van der Waals surface area contributed by atoms with Gasteiger partial charge >= 0.3 is 0 Å². The Labute approximate surface area is 110 Å². The molecule has 0 saturated heterocycles. The van der Waals surface area contributed by atoms with Crippen molar-refractivity contribution in [1.29, 1.82) is 0 Å². The minimum atomic E-state index is 0.803. The molecule has 0 saturated carbocycles. The second kappa shape index (κ2) is 5.23. The Morgan fingerprint density at radius 2 is 1.82 bits per heavy atom. The number of nitrogens with two attached hydrogens (primary N) is 1. The van der Waals surface area contributed by atoms with Crippen molar-refractivity contribution in [2.45, 2.75) is 13.5 Å². The van der Waals surface area contributed by atoms with E-state index < -0.39 is 0 Å². The van der Waals surface area contributed by atoms with E-state index in [-0.39, 0.29) is 0 Å².